The van der Waals surface area contributed by atoms with Crippen LogP contribution in [0.15, 0.2) is 77.9 Å². The molecule has 0 spiro atoms. The van der Waals surface area contributed by atoms with Crippen molar-refractivity contribution in [1.29, 1.82) is 0 Å². The fraction of sp³-hybridized carbons (Fsp3) is 0.0870. The molecule has 0 saturated heterocycles. The van der Waals surface area contributed by atoms with Gasteiger partial charge in [-0.2, -0.15) is 0 Å². The standard InChI is InChI=1S/C23H20FN5O3/c24-20-6-1-3-16(11-20)14-29-27-21(26-28-29)18-4-2-5-19(12-18)22(30)25-13-15-7-9-17(10-8-15)23(31)32/h1-12,28H,13-14H2,(H,25,30)(H,26,27)(H,31,32). The third kappa shape index (κ3) is 5.08. The highest BCUT2D eigenvalue weighted by molar-refractivity contribution is 6.02. The minimum Gasteiger partial charge on any atom is -0.478 e. The molecule has 0 aliphatic carbocycles. The number of hydrogen-bond acceptors (Lipinski definition) is 6. The van der Waals surface area contributed by atoms with Gasteiger partial charge in [-0.3, -0.25) is 10.2 Å². The quantitative estimate of drug-likeness (QED) is 0.457. The smallest absolute Gasteiger partial charge is 0.335 e. The van der Waals surface area contributed by atoms with Crippen LogP contribution in [0.1, 0.15) is 37.4 Å². The van der Waals surface area contributed by atoms with Gasteiger partial charge in [-0.1, -0.05) is 36.4 Å². The van der Waals surface area contributed by atoms with Crippen molar-refractivity contribution >= 4 is 17.7 Å². The Morgan fingerprint density at radius 2 is 1.75 bits per heavy atom. The highest BCUT2D eigenvalue weighted by Gasteiger charge is 2.18. The van der Waals surface area contributed by atoms with Gasteiger partial charge in [-0.25, -0.2) is 14.7 Å². The molecule has 1 aliphatic heterocycles. The number of amides is 1. The van der Waals surface area contributed by atoms with E-state index in [0.29, 0.717) is 23.5 Å². The van der Waals surface area contributed by atoms with E-state index in [1.54, 1.807) is 41.5 Å². The predicted octanol–water partition coefficient (Wildman–Crippen LogP) is 2.64. The van der Waals surface area contributed by atoms with Crippen LogP contribution in [0.3, 0.4) is 0 Å². The highest BCUT2D eigenvalue weighted by Crippen LogP contribution is 2.11. The molecule has 0 unspecified atom stereocenters. The zero-order valence-corrected chi connectivity index (χ0v) is 16.9. The number of carboxylic acids is 1. The zero-order valence-electron chi connectivity index (χ0n) is 16.9. The van der Waals surface area contributed by atoms with E-state index in [1.807, 2.05) is 12.1 Å². The van der Waals surface area contributed by atoms with Crippen molar-refractivity contribution in [2.24, 2.45) is 5.10 Å². The van der Waals surface area contributed by atoms with Crippen LogP contribution in [0.5, 0.6) is 0 Å². The van der Waals surface area contributed by atoms with Crippen molar-refractivity contribution in [3.63, 3.8) is 0 Å². The molecule has 8 nitrogen and oxygen atoms in total. The Hall–Kier alpha value is -4.24. The predicted molar refractivity (Wildman–Crippen MR) is 116 cm³/mol. The fourth-order valence-electron chi connectivity index (χ4n) is 3.17. The Bertz CT molecular complexity index is 1180. The Kier molecular flexibility index (Phi) is 6.09. The number of nitrogens with zero attached hydrogens (tertiary/aromatic N) is 2. The molecule has 3 aromatic rings. The average Bonchev–Trinajstić information content (AvgIpc) is 3.26. The SMILES string of the molecule is O=C(O)c1ccc(CNC(=O)c2cccc(C3=NNN(Cc4cccc(F)c4)N3)c2)cc1. The highest BCUT2D eigenvalue weighted by atomic mass is 19.1. The summed E-state index contributed by atoms with van der Waals surface area (Å²) in [5.74, 6) is -1.04. The van der Waals surface area contributed by atoms with Gasteiger partial charge in [0.2, 0.25) is 0 Å². The molecular formula is C23H20FN5O3. The van der Waals surface area contributed by atoms with Gasteiger partial charge in [0, 0.05) is 17.7 Å². The number of carbonyl (C=O) groups is 2. The summed E-state index contributed by atoms with van der Waals surface area (Å²) in [7, 11) is 0. The first kappa shape index (κ1) is 21.0. The monoisotopic (exact) mass is 433 g/mol. The normalized spacial score (nSPS) is 13.1. The first-order valence-corrected chi connectivity index (χ1v) is 9.81. The maximum Gasteiger partial charge on any atom is 0.335 e. The summed E-state index contributed by atoms with van der Waals surface area (Å²) in [6.45, 7) is 0.650. The van der Waals surface area contributed by atoms with Gasteiger partial charge >= 0.3 is 5.97 Å². The number of rotatable bonds is 7. The fourth-order valence-corrected chi connectivity index (χ4v) is 3.17. The second-order valence-electron chi connectivity index (χ2n) is 7.15. The van der Waals surface area contributed by atoms with Gasteiger partial charge < -0.3 is 10.4 Å². The molecule has 9 heteroatoms. The first-order valence-electron chi connectivity index (χ1n) is 9.81. The molecule has 0 fully saturated rings. The lowest BCUT2D eigenvalue weighted by molar-refractivity contribution is 0.0696. The van der Waals surface area contributed by atoms with Crippen molar-refractivity contribution in [3.8, 4) is 0 Å². The van der Waals surface area contributed by atoms with Gasteiger partial charge in [0.1, 0.15) is 5.82 Å². The van der Waals surface area contributed by atoms with E-state index in [-0.39, 0.29) is 23.8 Å². The Balaban J connectivity index is 1.35. The third-order valence-electron chi connectivity index (χ3n) is 4.81. The maximum absolute atomic E-state index is 13.4. The number of nitrogens with one attached hydrogen (secondary N) is 3. The number of hydrazone groups is 1. The maximum atomic E-state index is 13.4. The number of carboxylic acid groups (broad SMARTS) is 1. The Morgan fingerprint density at radius 3 is 2.50 bits per heavy atom. The van der Waals surface area contributed by atoms with E-state index in [2.05, 4.69) is 21.4 Å². The Labute approximate surface area is 183 Å². The average molecular weight is 433 g/mol. The lowest BCUT2D eigenvalue weighted by Gasteiger charge is -2.16. The summed E-state index contributed by atoms with van der Waals surface area (Å²) >= 11 is 0. The third-order valence-corrected chi connectivity index (χ3v) is 4.81. The molecule has 162 valence electrons. The van der Waals surface area contributed by atoms with Crippen LogP contribution in [0.25, 0.3) is 0 Å². The number of carbonyl (C=O) groups excluding carboxylic acids is 1. The molecule has 0 radical (unpaired) electrons. The minimum atomic E-state index is -0.996. The second-order valence-corrected chi connectivity index (χ2v) is 7.15. The van der Waals surface area contributed by atoms with Crippen LogP contribution >= 0.6 is 0 Å². The number of amidine groups is 1. The molecule has 0 aromatic heterocycles. The minimum absolute atomic E-state index is 0.192. The van der Waals surface area contributed by atoms with Crippen LogP contribution in [0.2, 0.25) is 0 Å². The summed E-state index contributed by atoms with van der Waals surface area (Å²) in [6, 6.07) is 19.6. The van der Waals surface area contributed by atoms with Crippen LogP contribution in [-0.2, 0) is 13.1 Å². The van der Waals surface area contributed by atoms with E-state index < -0.39 is 5.97 Å². The lowest BCUT2D eigenvalue weighted by Crippen LogP contribution is -2.40. The second kappa shape index (κ2) is 9.27. The van der Waals surface area contributed by atoms with Crippen LogP contribution in [-0.4, -0.2) is 27.9 Å². The first-order chi connectivity index (χ1) is 15.5. The molecule has 0 saturated carbocycles. The van der Waals surface area contributed by atoms with Crippen molar-refractivity contribution in [3.05, 3.63) is 106 Å². The molecule has 32 heavy (non-hydrogen) atoms. The number of hydrazine groups is 2. The topological polar surface area (TPSA) is 106 Å². The molecular weight excluding hydrogens is 413 g/mol. The van der Waals surface area contributed by atoms with Crippen LogP contribution in [0.4, 0.5) is 4.39 Å². The molecule has 4 N–H and O–H groups in total. The molecule has 3 aromatic carbocycles. The van der Waals surface area contributed by atoms with Crippen molar-refractivity contribution in [1.82, 2.24) is 21.4 Å². The molecule has 0 atom stereocenters. The lowest BCUT2D eigenvalue weighted by atomic mass is 10.1. The molecule has 1 heterocycles. The number of aromatic carboxylic acids is 1. The van der Waals surface area contributed by atoms with Gasteiger partial charge in [0.25, 0.3) is 5.91 Å². The zero-order chi connectivity index (χ0) is 22.5. The molecule has 4 rings (SSSR count). The number of halogens is 1. The van der Waals surface area contributed by atoms with E-state index in [0.717, 1.165) is 11.1 Å². The van der Waals surface area contributed by atoms with E-state index in [4.69, 9.17) is 5.11 Å². The van der Waals surface area contributed by atoms with Crippen molar-refractivity contribution in [2.45, 2.75) is 13.1 Å². The van der Waals surface area contributed by atoms with Crippen LogP contribution < -0.4 is 16.3 Å². The number of benzene rings is 3. The number of hydrogen-bond donors (Lipinski definition) is 4. The van der Waals surface area contributed by atoms with Crippen molar-refractivity contribution in [2.75, 3.05) is 0 Å². The van der Waals surface area contributed by atoms with Gasteiger partial charge in [0.15, 0.2) is 5.84 Å². The summed E-state index contributed by atoms with van der Waals surface area (Å²) in [5.41, 5.74) is 8.82. The summed E-state index contributed by atoms with van der Waals surface area (Å²) in [4.78, 5) is 23.5. The Morgan fingerprint density at radius 1 is 0.969 bits per heavy atom. The van der Waals surface area contributed by atoms with E-state index in [1.165, 1.54) is 24.3 Å². The molecule has 1 amide bonds. The van der Waals surface area contributed by atoms with Crippen molar-refractivity contribution < 1.29 is 19.1 Å². The van der Waals surface area contributed by atoms with E-state index in [9.17, 15) is 14.0 Å². The van der Waals surface area contributed by atoms with Gasteiger partial charge in [0.05, 0.1) is 12.1 Å². The van der Waals surface area contributed by atoms with Gasteiger partial charge in [-0.05, 0) is 47.5 Å². The van der Waals surface area contributed by atoms with E-state index >= 15 is 0 Å². The van der Waals surface area contributed by atoms with Crippen LogP contribution in [0, 0.1) is 5.82 Å². The largest absolute Gasteiger partial charge is 0.478 e. The molecule has 1 aliphatic rings. The van der Waals surface area contributed by atoms with Gasteiger partial charge in [-0.15, -0.1) is 10.2 Å². The summed E-state index contributed by atoms with van der Waals surface area (Å²) in [6.07, 6.45) is 0. The summed E-state index contributed by atoms with van der Waals surface area (Å²) < 4.78 is 13.4. The molecule has 0 bridgehead atoms. The summed E-state index contributed by atoms with van der Waals surface area (Å²) in [5, 5.41) is 17.6.